The van der Waals surface area contributed by atoms with Gasteiger partial charge in [0.25, 0.3) is 0 Å². The number of hydrogen-bond acceptors (Lipinski definition) is 9. The third kappa shape index (κ3) is 8.81. The van der Waals surface area contributed by atoms with Crippen molar-refractivity contribution in [2.75, 3.05) is 36.1 Å². The molecule has 4 rings (SSSR count). The molecule has 1 aliphatic rings. The molecule has 6 N–H and O–H groups in total. The number of hydrogen-bond donors (Lipinski definition) is 5. The largest absolute Gasteiger partial charge is 0.490 e. The number of aliphatic hydroxyl groups is 1. The molecule has 226 valence electrons. The van der Waals surface area contributed by atoms with Crippen molar-refractivity contribution in [2.24, 2.45) is 5.92 Å². The molecule has 1 unspecified atom stereocenters. The van der Waals surface area contributed by atoms with Crippen LogP contribution in [-0.4, -0.2) is 61.8 Å². The van der Waals surface area contributed by atoms with Crippen molar-refractivity contribution in [2.45, 2.75) is 58.0 Å². The lowest BCUT2D eigenvalue weighted by Crippen LogP contribution is -2.21. The van der Waals surface area contributed by atoms with Gasteiger partial charge in [0.1, 0.15) is 23.3 Å². The third-order valence-corrected chi connectivity index (χ3v) is 6.62. The second kappa shape index (κ2) is 15.0. The smallest absolute Gasteiger partial charge is 0.475 e. The molecular formula is C28H35F3N8O3. The van der Waals surface area contributed by atoms with E-state index < -0.39 is 12.1 Å². The Balaban J connectivity index is 0.000000616. The molecule has 1 aliphatic carbocycles. The van der Waals surface area contributed by atoms with Gasteiger partial charge in [0, 0.05) is 25.3 Å². The van der Waals surface area contributed by atoms with Crippen LogP contribution in [0.15, 0.2) is 30.3 Å². The van der Waals surface area contributed by atoms with Crippen LogP contribution in [0.3, 0.4) is 0 Å². The number of aliphatic hydroxyl groups excluding tert-OH is 1. The fourth-order valence-electron chi connectivity index (χ4n) is 4.45. The Hall–Kier alpha value is -4.38. The molecule has 0 aliphatic heterocycles. The Morgan fingerprint density at radius 3 is 2.50 bits per heavy atom. The molecule has 42 heavy (non-hydrogen) atoms. The molecule has 0 amide bonds. The number of nitriles is 1. The van der Waals surface area contributed by atoms with E-state index in [4.69, 9.17) is 30.7 Å². The van der Waals surface area contributed by atoms with Gasteiger partial charge in [0.15, 0.2) is 0 Å². The number of aromatic nitrogens is 4. The van der Waals surface area contributed by atoms with Gasteiger partial charge in [-0.2, -0.15) is 28.5 Å². The first kappa shape index (κ1) is 32.1. The molecule has 0 fully saturated rings. The van der Waals surface area contributed by atoms with Gasteiger partial charge in [-0.15, -0.1) is 0 Å². The molecule has 0 saturated heterocycles. The van der Waals surface area contributed by atoms with Crippen LogP contribution in [0, 0.1) is 17.2 Å². The number of carboxylic acid groups (broad SMARTS) is 1. The Morgan fingerprint density at radius 1 is 1.17 bits per heavy atom. The van der Waals surface area contributed by atoms with Gasteiger partial charge >= 0.3 is 12.1 Å². The molecule has 0 spiro atoms. The van der Waals surface area contributed by atoms with E-state index in [2.05, 4.69) is 28.7 Å². The number of nitrogens with two attached hydrogens (primary N) is 1. The van der Waals surface area contributed by atoms with Gasteiger partial charge in [-0.1, -0.05) is 25.1 Å². The van der Waals surface area contributed by atoms with Gasteiger partial charge in [-0.3, -0.25) is 0 Å². The van der Waals surface area contributed by atoms with Crippen LogP contribution >= 0.6 is 0 Å². The van der Waals surface area contributed by atoms with Crippen molar-refractivity contribution < 1.29 is 28.2 Å². The van der Waals surface area contributed by atoms with E-state index in [9.17, 15) is 18.4 Å². The molecule has 1 atom stereocenters. The first-order valence-corrected chi connectivity index (χ1v) is 13.7. The number of aliphatic carboxylic acids is 1. The van der Waals surface area contributed by atoms with Gasteiger partial charge in [-0.25, -0.2) is 14.5 Å². The monoisotopic (exact) mass is 588 g/mol. The molecule has 3 aromatic rings. The molecule has 11 nitrogen and oxygen atoms in total. The van der Waals surface area contributed by atoms with Gasteiger partial charge < -0.3 is 26.6 Å². The lowest BCUT2D eigenvalue weighted by Gasteiger charge is -2.24. The molecule has 14 heteroatoms. The van der Waals surface area contributed by atoms with Gasteiger partial charge in [-0.05, 0) is 63.0 Å². The summed E-state index contributed by atoms with van der Waals surface area (Å²) in [5, 5.41) is 37.2. The zero-order chi connectivity index (χ0) is 30.7. The number of nitrogens with zero attached hydrogens (tertiary/aromatic N) is 5. The minimum Gasteiger partial charge on any atom is -0.475 e. The minimum atomic E-state index is -5.08. The standard InChI is InChI=1S/C26H34N8O.C2HF3O2/c1-18-11-12-20-23(16-18)31-26(30-13-5-6-15-35)32-25(20)29-14-7-10-22-21(17-27)24(28)34(33-22)19-8-3-2-4-9-19;3-2(4,5)1(6)7/h2-4,8-9,18,35H,5-7,10-16,28H2,1H3,(H2,29,30,31,32);(H,6,7). The van der Waals surface area contributed by atoms with Crippen molar-refractivity contribution in [3.05, 3.63) is 52.8 Å². The number of halogens is 3. The minimum absolute atomic E-state index is 0.194. The number of aryl methyl sites for hydroxylation is 1. The maximum Gasteiger partial charge on any atom is 0.490 e. The number of unbranched alkanes of at least 4 members (excludes halogenated alkanes) is 1. The predicted molar refractivity (Wildman–Crippen MR) is 151 cm³/mol. The van der Waals surface area contributed by atoms with E-state index in [1.165, 1.54) is 5.56 Å². The molecule has 0 radical (unpaired) electrons. The number of alkyl halides is 3. The molecule has 2 aromatic heterocycles. The summed E-state index contributed by atoms with van der Waals surface area (Å²) in [5.74, 6) is -0.243. The summed E-state index contributed by atoms with van der Waals surface area (Å²) in [5.41, 5.74) is 10.5. The lowest BCUT2D eigenvalue weighted by molar-refractivity contribution is -0.192. The zero-order valence-electron chi connectivity index (χ0n) is 23.3. The number of nitrogens with one attached hydrogen (secondary N) is 2. The summed E-state index contributed by atoms with van der Waals surface area (Å²) in [6.45, 7) is 3.89. The summed E-state index contributed by atoms with van der Waals surface area (Å²) in [6, 6.07) is 11.8. The van der Waals surface area contributed by atoms with Crippen LogP contribution in [0.25, 0.3) is 5.69 Å². The summed E-state index contributed by atoms with van der Waals surface area (Å²) in [7, 11) is 0. The fourth-order valence-corrected chi connectivity index (χ4v) is 4.45. The van der Waals surface area contributed by atoms with E-state index in [1.807, 2.05) is 30.3 Å². The van der Waals surface area contributed by atoms with E-state index in [1.54, 1.807) is 4.68 Å². The Morgan fingerprint density at radius 2 is 1.86 bits per heavy atom. The van der Waals surface area contributed by atoms with Gasteiger partial charge in [0.2, 0.25) is 5.95 Å². The average molecular weight is 589 g/mol. The van der Waals surface area contributed by atoms with Crippen molar-refractivity contribution in [1.29, 1.82) is 5.26 Å². The first-order valence-electron chi connectivity index (χ1n) is 13.7. The highest BCUT2D eigenvalue weighted by molar-refractivity contribution is 5.73. The Kier molecular flexibility index (Phi) is 11.5. The Labute approximate surface area is 241 Å². The number of nitrogen functional groups attached to an aromatic ring is 1. The fraction of sp³-hybridized carbons (Fsp3) is 0.464. The molecule has 1 aromatic carbocycles. The Bertz CT molecular complexity index is 1370. The van der Waals surface area contributed by atoms with Crippen molar-refractivity contribution >= 4 is 23.6 Å². The number of rotatable bonds is 11. The van der Waals surface area contributed by atoms with Crippen LogP contribution in [-0.2, 0) is 24.1 Å². The van der Waals surface area contributed by atoms with Crippen LogP contribution in [0.4, 0.5) is 30.8 Å². The van der Waals surface area contributed by atoms with E-state index in [0.717, 1.165) is 62.3 Å². The zero-order valence-corrected chi connectivity index (χ0v) is 23.3. The highest BCUT2D eigenvalue weighted by Crippen LogP contribution is 2.30. The molecule has 0 bridgehead atoms. The maximum absolute atomic E-state index is 10.6. The number of fused-ring (bicyclic) bond motifs is 1. The molecular weight excluding hydrogens is 553 g/mol. The summed E-state index contributed by atoms with van der Waals surface area (Å²) in [4.78, 5) is 18.4. The second-order valence-corrected chi connectivity index (χ2v) is 9.93. The number of anilines is 3. The summed E-state index contributed by atoms with van der Waals surface area (Å²) < 4.78 is 33.4. The number of carboxylic acids is 1. The SMILES string of the molecule is CC1CCc2c(nc(NCCCCO)nc2NCCCc2nn(-c3ccccc3)c(N)c2C#N)C1.O=C(O)C(F)(F)F. The molecule has 2 heterocycles. The third-order valence-electron chi connectivity index (χ3n) is 6.62. The van der Waals surface area contributed by atoms with E-state index in [0.29, 0.717) is 41.9 Å². The average Bonchev–Trinajstić information content (AvgIpc) is 3.28. The van der Waals surface area contributed by atoms with Crippen LogP contribution in [0.2, 0.25) is 0 Å². The highest BCUT2D eigenvalue weighted by Gasteiger charge is 2.38. The predicted octanol–water partition coefficient (Wildman–Crippen LogP) is 4.10. The number of carbonyl (C=O) groups is 1. The quantitative estimate of drug-likeness (QED) is 0.205. The molecule has 0 saturated carbocycles. The maximum atomic E-state index is 10.6. The topological polar surface area (TPSA) is 175 Å². The normalized spacial score (nSPS) is 14.2. The van der Waals surface area contributed by atoms with Crippen LogP contribution < -0.4 is 16.4 Å². The summed E-state index contributed by atoms with van der Waals surface area (Å²) >= 11 is 0. The summed E-state index contributed by atoms with van der Waals surface area (Å²) in [6.07, 6.45) is 1.03. The lowest BCUT2D eigenvalue weighted by atomic mass is 9.88. The number of para-hydroxylation sites is 1. The van der Waals surface area contributed by atoms with Crippen molar-refractivity contribution in [3.8, 4) is 11.8 Å². The highest BCUT2D eigenvalue weighted by atomic mass is 19.4. The number of benzene rings is 1. The van der Waals surface area contributed by atoms with E-state index >= 15 is 0 Å². The van der Waals surface area contributed by atoms with Gasteiger partial charge in [0.05, 0.1) is 17.1 Å². The van der Waals surface area contributed by atoms with Crippen LogP contribution in [0.5, 0.6) is 0 Å². The van der Waals surface area contributed by atoms with E-state index in [-0.39, 0.29) is 6.61 Å². The van der Waals surface area contributed by atoms with Crippen molar-refractivity contribution in [1.82, 2.24) is 19.7 Å². The second-order valence-electron chi connectivity index (χ2n) is 9.93. The first-order chi connectivity index (χ1) is 20.0. The van der Waals surface area contributed by atoms with Crippen molar-refractivity contribution in [3.63, 3.8) is 0 Å². The van der Waals surface area contributed by atoms with Crippen LogP contribution in [0.1, 0.15) is 55.1 Å².